The molecule has 100 valence electrons. The van der Waals surface area contributed by atoms with Crippen LogP contribution in [0.4, 0.5) is 0 Å². The summed E-state index contributed by atoms with van der Waals surface area (Å²) in [4.78, 5) is 23.6. The molecule has 0 unspecified atom stereocenters. The van der Waals surface area contributed by atoms with Gasteiger partial charge in [-0.2, -0.15) is 0 Å². The lowest BCUT2D eigenvalue weighted by Gasteiger charge is -2.01. The summed E-state index contributed by atoms with van der Waals surface area (Å²) in [6.45, 7) is 2.13. The van der Waals surface area contributed by atoms with E-state index >= 15 is 0 Å². The van der Waals surface area contributed by atoms with Crippen LogP contribution in [0.1, 0.15) is 17.3 Å². The lowest BCUT2D eigenvalue weighted by atomic mass is 10.2. The van der Waals surface area contributed by atoms with E-state index in [2.05, 4.69) is 15.0 Å². The first kappa shape index (κ1) is 12.3. The normalized spacial score (nSPS) is 10.7. The number of ether oxygens (including phenoxy) is 1. The van der Waals surface area contributed by atoms with Crippen LogP contribution in [-0.2, 0) is 4.74 Å². The highest BCUT2D eigenvalue weighted by Gasteiger charge is 2.14. The van der Waals surface area contributed by atoms with Crippen LogP contribution in [0.2, 0.25) is 0 Å². The van der Waals surface area contributed by atoms with E-state index in [0.29, 0.717) is 23.5 Å². The molecular formula is C15H13N3O2. The first-order chi connectivity index (χ1) is 9.79. The number of pyridine rings is 1. The van der Waals surface area contributed by atoms with Crippen LogP contribution in [0.5, 0.6) is 0 Å². The molecule has 0 fully saturated rings. The molecule has 0 aliphatic carbocycles. The van der Waals surface area contributed by atoms with Gasteiger partial charge in [-0.05, 0) is 31.2 Å². The molecule has 3 rings (SSSR count). The second-order valence-corrected chi connectivity index (χ2v) is 4.24. The zero-order valence-electron chi connectivity index (χ0n) is 11.0. The van der Waals surface area contributed by atoms with E-state index in [1.54, 1.807) is 25.4 Å². The number of hydrogen-bond donors (Lipinski definition) is 1. The molecule has 2 aromatic heterocycles. The van der Waals surface area contributed by atoms with Gasteiger partial charge in [0.05, 0.1) is 17.7 Å². The van der Waals surface area contributed by atoms with Crippen LogP contribution >= 0.6 is 0 Å². The summed E-state index contributed by atoms with van der Waals surface area (Å²) in [6, 6.07) is 9.14. The molecule has 0 spiro atoms. The Kier molecular flexibility index (Phi) is 3.16. The van der Waals surface area contributed by atoms with Gasteiger partial charge in [-0.15, -0.1) is 0 Å². The number of esters is 1. The summed E-state index contributed by atoms with van der Waals surface area (Å²) in [6.07, 6.45) is 3.41. The summed E-state index contributed by atoms with van der Waals surface area (Å²) in [5.41, 5.74) is 2.83. The van der Waals surface area contributed by atoms with Crippen LogP contribution in [0.25, 0.3) is 22.4 Å². The van der Waals surface area contributed by atoms with Crippen molar-refractivity contribution in [3.63, 3.8) is 0 Å². The molecule has 0 aliphatic heterocycles. The summed E-state index contributed by atoms with van der Waals surface area (Å²) in [7, 11) is 0. The van der Waals surface area contributed by atoms with Crippen molar-refractivity contribution in [3.8, 4) is 11.4 Å². The molecule has 0 atom stereocenters. The van der Waals surface area contributed by atoms with Crippen LogP contribution in [0, 0.1) is 0 Å². The van der Waals surface area contributed by atoms with Crippen molar-refractivity contribution in [1.29, 1.82) is 0 Å². The summed E-state index contributed by atoms with van der Waals surface area (Å²) in [5.74, 6) is 0.352. The smallest absolute Gasteiger partial charge is 0.340 e. The lowest BCUT2D eigenvalue weighted by Crippen LogP contribution is -2.05. The molecule has 5 nitrogen and oxygen atoms in total. The van der Waals surface area contributed by atoms with E-state index in [1.807, 2.05) is 24.3 Å². The highest BCUT2D eigenvalue weighted by molar-refractivity contribution is 6.02. The summed E-state index contributed by atoms with van der Waals surface area (Å²) < 4.78 is 5.05. The molecule has 0 radical (unpaired) electrons. The SMILES string of the molecule is CCOC(=O)c1cccc2[nH]c(-c3ccncc3)nc12. The maximum atomic E-state index is 11.9. The molecule has 1 aromatic carbocycles. The molecule has 1 N–H and O–H groups in total. The summed E-state index contributed by atoms with van der Waals surface area (Å²) in [5, 5.41) is 0. The predicted molar refractivity (Wildman–Crippen MR) is 75.3 cm³/mol. The fraction of sp³-hybridized carbons (Fsp3) is 0.133. The van der Waals surface area contributed by atoms with Gasteiger partial charge in [0.1, 0.15) is 11.3 Å². The number of carbonyl (C=O) groups is 1. The minimum atomic E-state index is -0.356. The van der Waals surface area contributed by atoms with Gasteiger partial charge in [0.15, 0.2) is 0 Å². The Morgan fingerprint density at radius 1 is 1.25 bits per heavy atom. The first-order valence-corrected chi connectivity index (χ1v) is 6.36. The average Bonchev–Trinajstić information content (AvgIpc) is 2.92. The number of aromatic amines is 1. The maximum absolute atomic E-state index is 11.9. The number of fused-ring (bicyclic) bond motifs is 1. The van der Waals surface area contributed by atoms with Crippen molar-refractivity contribution in [2.24, 2.45) is 0 Å². The van der Waals surface area contributed by atoms with Gasteiger partial charge in [0.2, 0.25) is 0 Å². The van der Waals surface area contributed by atoms with Crippen molar-refractivity contribution >= 4 is 17.0 Å². The highest BCUT2D eigenvalue weighted by atomic mass is 16.5. The molecule has 0 aliphatic rings. The van der Waals surface area contributed by atoms with E-state index in [9.17, 15) is 4.79 Å². The molecule has 5 heteroatoms. The third kappa shape index (κ3) is 2.14. The predicted octanol–water partition coefficient (Wildman–Crippen LogP) is 2.80. The van der Waals surface area contributed by atoms with Crippen LogP contribution in [0.15, 0.2) is 42.7 Å². The van der Waals surface area contributed by atoms with Gasteiger partial charge in [0, 0.05) is 18.0 Å². The number of nitrogens with zero attached hydrogens (tertiary/aromatic N) is 2. The monoisotopic (exact) mass is 267 g/mol. The number of hydrogen-bond acceptors (Lipinski definition) is 4. The molecule has 0 saturated heterocycles. The quantitative estimate of drug-likeness (QED) is 0.741. The minimum Gasteiger partial charge on any atom is -0.462 e. The number of para-hydroxylation sites is 1. The van der Waals surface area contributed by atoms with E-state index < -0.39 is 0 Å². The third-order valence-electron chi connectivity index (χ3n) is 2.96. The number of aromatic nitrogens is 3. The number of carbonyl (C=O) groups excluding carboxylic acids is 1. The molecule has 0 bridgehead atoms. The van der Waals surface area contributed by atoms with Crippen molar-refractivity contribution in [2.75, 3.05) is 6.61 Å². The van der Waals surface area contributed by atoms with Crippen molar-refractivity contribution in [1.82, 2.24) is 15.0 Å². The third-order valence-corrected chi connectivity index (χ3v) is 2.96. The van der Waals surface area contributed by atoms with Crippen LogP contribution in [-0.4, -0.2) is 27.5 Å². The topological polar surface area (TPSA) is 67.9 Å². The van der Waals surface area contributed by atoms with Gasteiger partial charge in [-0.25, -0.2) is 9.78 Å². The second-order valence-electron chi connectivity index (χ2n) is 4.24. The van der Waals surface area contributed by atoms with Crippen molar-refractivity contribution < 1.29 is 9.53 Å². The zero-order valence-corrected chi connectivity index (χ0v) is 11.0. The van der Waals surface area contributed by atoms with Gasteiger partial charge in [0.25, 0.3) is 0 Å². The number of imidazole rings is 1. The van der Waals surface area contributed by atoms with Gasteiger partial charge >= 0.3 is 5.97 Å². The van der Waals surface area contributed by atoms with E-state index in [0.717, 1.165) is 11.1 Å². The minimum absolute atomic E-state index is 0.344. The molecule has 20 heavy (non-hydrogen) atoms. The van der Waals surface area contributed by atoms with Crippen LogP contribution < -0.4 is 0 Å². The van der Waals surface area contributed by atoms with Crippen molar-refractivity contribution in [2.45, 2.75) is 6.92 Å². The Morgan fingerprint density at radius 3 is 2.80 bits per heavy atom. The van der Waals surface area contributed by atoms with E-state index in [1.165, 1.54) is 0 Å². The van der Waals surface area contributed by atoms with Crippen LogP contribution in [0.3, 0.4) is 0 Å². The highest BCUT2D eigenvalue weighted by Crippen LogP contribution is 2.22. The Labute approximate surface area is 115 Å². The molecular weight excluding hydrogens is 254 g/mol. The van der Waals surface area contributed by atoms with Gasteiger partial charge < -0.3 is 9.72 Å². The molecule has 0 amide bonds. The molecule has 3 aromatic rings. The zero-order chi connectivity index (χ0) is 13.9. The Morgan fingerprint density at radius 2 is 2.05 bits per heavy atom. The summed E-state index contributed by atoms with van der Waals surface area (Å²) >= 11 is 0. The molecule has 2 heterocycles. The van der Waals surface area contributed by atoms with Gasteiger partial charge in [-0.1, -0.05) is 6.07 Å². The second kappa shape index (κ2) is 5.13. The lowest BCUT2D eigenvalue weighted by molar-refractivity contribution is 0.0528. The van der Waals surface area contributed by atoms with E-state index in [-0.39, 0.29) is 5.97 Å². The standard InChI is InChI=1S/C15H13N3O2/c1-2-20-15(19)11-4-3-5-12-13(11)18-14(17-12)10-6-8-16-9-7-10/h3-9H,2H2,1H3,(H,17,18). The largest absolute Gasteiger partial charge is 0.462 e. The van der Waals surface area contributed by atoms with Gasteiger partial charge in [-0.3, -0.25) is 4.98 Å². The number of H-pyrrole nitrogens is 1. The fourth-order valence-electron chi connectivity index (χ4n) is 2.05. The molecule has 0 saturated carbocycles. The fourth-order valence-corrected chi connectivity index (χ4v) is 2.05. The Hall–Kier alpha value is -2.69. The van der Waals surface area contributed by atoms with E-state index in [4.69, 9.17) is 4.74 Å². The number of rotatable bonds is 3. The van der Waals surface area contributed by atoms with Crippen molar-refractivity contribution in [3.05, 3.63) is 48.3 Å². The maximum Gasteiger partial charge on any atom is 0.340 e. The first-order valence-electron chi connectivity index (χ1n) is 6.36. The Balaban J connectivity index is 2.12. The Bertz CT molecular complexity index is 750. The number of nitrogens with one attached hydrogen (secondary N) is 1. The average molecular weight is 267 g/mol. The number of benzene rings is 1.